The Morgan fingerprint density at radius 1 is 1.17 bits per heavy atom. The molecule has 1 saturated carbocycles. The first-order valence-corrected chi connectivity index (χ1v) is 7.49. The average Bonchev–Trinajstić information content (AvgIpc) is 2.99. The molecule has 4 heteroatoms. The Kier molecular flexibility index (Phi) is 3.32. The number of nitrogens with two attached hydrogens (primary N) is 1. The molecule has 3 aliphatic rings. The van der Waals surface area contributed by atoms with Crippen LogP contribution in [0.3, 0.4) is 0 Å². The third-order valence-corrected chi connectivity index (χ3v) is 5.26. The minimum Gasteiger partial charge on any atom is -0.341 e. The summed E-state index contributed by atoms with van der Waals surface area (Å²) in [5.74, 6) is 0.345. The first-order valence-electron chi connectivity index (χ1n) is 7.49. The zero-order chi connectivity index (χ0) is 12.6. The standard InChI is InChI=1S/C14H25N3O/c15-11-14(5-3-6-14)13(18)17-9-4-12(10-17)16-7-1-2-8-16/h12H,1-11,15H2. The zero-order valence-electron chi connectivity index (χ0n) is 11.2. The number of amides is 1. The Morgan fingerprint density at radius 3 is 2.44 bits per heavy atom. The highest BCUT2D eigenvalue weighted by atomic mass is 16.2. The van der Waals surface area contributed by atoms with Crippen LogP contribution >= 0.6 is 0 Å². The molecule has 0 bridgehead atoms. The van der Waals surface area contributed by atoms with Gasteiger partial charge in [-0.2, -0.15) is 0 Å². The van der Waals surface area contributed by atoms with Gasteiger partial charge in [0.1, 0.15) is 0 Å². The quantitative estimate of drug-likeness (QED) is 0.807. The number of carbonyl (C=O) groups is 1. The molecule has 0 aromatic heterocycles. The van der Waals surface area contributed by atoms with Crippen LogP contribution in [0.15, 0.2) is 0 Å². The van der Waals surface area contributed by atoms with Gasteiger partial charge in [-0.25, -0.2) is 0 Å². The van der Waals surface area contributed by atoms with Gasteiger partial charge < -0.3 is 10.6 Å². The maximum absolute atomic E-state index is 12.6. The molecular weight excluding hydrogens is 226 g/mol. The number of rotatable bonds is 3. The first-order chi connectivity index (χ1) is 8.75. The fraction of sp³-hybridized carbons (Fsp3) is 0.929. The zero-order valence-corrected chi connectivity index (χ0v) is 11.2. The maximum atomic E-state index is 12.6. The van der Waals surface area contributed by atoms with Crippen LogP contribution in [0.5, 0.6) is 0 Å². The van der Waals surface area contributed by atoms with Crippen molar-refractivity contribution in [2.75, 3.05) is 32.7 Å². The normalized spacial score (nSPS) is 31.6. The summed E-state index contributed by atoms with van der Waals surface area (Å²) in [5, 5.41) is 0. The number of hydrogen-bond acceptors (Lipinski definition) is 3. The minimum absolute atomic E-state index is 0.181. The van der Waals surface area contributed by atoms with E-state index in [0.717, 1.165) is 32.4 Å². The van der Waals surface area contributed by atoms with Crippen LogP contribution in [0.1, 0.15) is 38.5 Å². The van der Waals surface area contributed by atoms with Crippen LogP contribution in [0.4, 0.5) is 0 Å². The van der Waals surface area contributed by atoms with Crippen molar-refractivity contribution in [3.05, 3.63) is 0 Å². The van der Waals surface area contributed by atoms with E-state index in [4.69, 9.17) is 5.73 Å². The van der Waals surface area contributed by atoms with E-state index in [9.17, 15) is 4.79 Å². The lowest BCUT2D eigenvalue weighted by Gasteiger charge is -2.42. The van der Waals surface area contributed by atoms with E-state index < -0.39 is 0 Å². The number of hydrogen-bond donors (Lipinski definition) is 1. The molecule has 2 aliphatic heterocycles. The number of carbonyl (C=O) groups excluding carboxylic acids is 1. The van der Waals surface area contributed by atoms with E-state index in [2.05, 4.69) is 9.80 Å². The second-order valence-electron chi connectivity index (χ2n) is 6.27. The Labute approximate surface area is 109 Å². The van der Waals surface area contributed by atoms with Crippen molar-refractivity contribution in [2.24, 2.45) is 11.1 Å². The highest BCUT2D eigenvalue weighted by Gasteiger charge is 2.46. The molecule has 1 atom stereocenters. The van der Waals surface area contributed by atoms with Gasteiger partial charge in [-0.3, -0.25) is 9.69 Å². The van der Waals surface area contributed by atoms with Crippen LogP contribution in [0.25, 0.3) is 0 Å². The Morgan fingerprint density at radius 2 is 1.89 bits per heavy atom. The summed E-state index contributed by atoms with van der Waals surface area (Å²) >= 11 is 0. The van der Waals surface area contributed by atoms with Crippen LogP contribution in [-0.2, 0) is 4.79 Å². The maximum Gasteiger partial charge on any atom is 0.230 e. The third-order valence-electron chi connectivity index (χ3n) is 5.26. The van der Waals surface area contributed by atoms with Crippen molar-refractivity contribution < 1.29 is 4.79 Å². The third kappa shape index (κ3) is 1.95. The fourth-order valence-electron chi connectivity index (χ4n) is 3.78. The summed E-state index contributed by atoms with van der Waals surface area (Å²) in [6, 6.07) is 0.617. The van der Waals surface area contributed by atoms with Crippen molar-refractivity contribution in [3.8, 4) is 0 Å². The molecular formula is C14H25N3O. The molecule has 1 aliphatic carbocycles. The Bertz CT molecular complexity index is 315. The summed E-state index contributed by atoms with van der Waals surface area (Å²) in [6.45, 7) is 4.89. The van der Waals surface area contributed by atoms with Crippen molar-refractivity contribution in [1.29, 1.82) is 0 Å². The number of nitrogens with zero attached hydrogens (tertiary/aromatic N) is 2. The van der Waals surface area contributed by atoms with Crippen molar-refractivity contribution in [3.63, 3.8) is 0 Å². The SMILES string of the molecule is NCC1(C(=O)N2CCC(N3CCCC3)C2)CCC1. The van der Waals surface area contributed by atoms with Gasteiger partial charge in [0.05, 0.1) is 5.41 Å². The lowest BCUT2D eigenvalue weighted by Crippen LogP contribution is -2.52. The molecule has 0 spiro atoms. The van der Waals surface area contributed by atoms with Crippen molar-refractivity contribution >= 4 is 5.91 Å². The van der Waals surface area contributed by atoms with E-state index in [1.165, 1.54) is 32.4 Å². The van der Waals surface area contributed by atoms with E-state index in [1.54, 1.807) is 0 Å². The second-order valence-corrected chi connectivity index (χ2v) is 6.27. The monoisotopic (exact) mass is 251 g/mol. The fourth-order valence-corrected chi connectivity index (χ4v) is 3.78. The lowest BCUT2D eigenvalue weighted by molar-refractivity contribution is -0.145. The van der Waals surface area contributed by atoms with E-state index >= 15 is 0 Å². The summed E-state index contributed by atoms with van der Waals surface area (Å²) in [5.41, 5.74) is 5.66. The van der Waals surface area contributed by atoms with Gasteiger partial charge in [0, 0.05) is 25.7 Å². The highest BCUT2D eigenvalue weighted by molar-refractivity contribution is 5.84. The van der Waals surface area contributed by atoms with Gasteiger partial charge in [-0.05, 0) is 45.2 Å². The molecule has 0 radical (unpaired) electrons. The molecule has 0 aromatic carbocycles. The minimum atomic E-state index is -0.181. The predicted molar refractivity (Wildman–Crippen MR) is 71.1 cm³/mol. The first kappa shape index (κ1) is 12.4. The molecule has 2 N–H and O–H groups in total. The summed E-state index contributed by atoms with van der Waals surface area (Å²) < 4.78 is 0. The van der Waals surface area contributed by atoms with E-state index in [0.29, 0.717) is 18.5 Å². The summed E-state index contributed by atoms with van der Waals surface area (Å²) in [6.07, 6.45) is 7.01. The molecule has 2 saturated heterocycles. The van der Waals surface area contributed by atoms with Gasteiger partial charge in [0.25, 0.3) is 0 Å². The smallest absolute Gasteiger partial charge is 0.230 e. The van der Waals surface area contributed by atoms with Crippen LogP contribution in [-0.4, -0.2) is 54.5 Å². The van der Waals surface area contributed by atoms with Crippen molar-refractivity contribution in [1.82, 2.24) is 9.80 Å². The van der Waals surface area contributed by atoms with Crippen molar-refractivity contribution in [2.45, 2.75) is 44.6 Å². The highest BCUT2D eigenvalue weighted by Crippen LogP contribution is 2.42. The molecule has 102 valence electrons. The van der Waals surface area contributed by atoms with Gasteiger partial charge in [0.15, 0.2) is 0 Å². The van der Waals surface area contributed by atoms with E-state index in [1.807, 2.05) is 0 Å². The van der Waals surface area contributed by atoms with Crippen LogP contribution in [0.2, 0.25) is 0 Å². The second kappa shape index (κ2) is 4.82. The predicted octanol–water partition coefficient (Wildman–Crippen LogP) is 0.812. The largest absolute Gasteiger partial charge is 0.341 e. The molecule has 2 heterocycles. The van der Waals surface area contributed by atoms with Crippen LogP contribution in [0, 0.1) is 5.41 Å². The molecule has 18 heavy (non-hydrogen) atoms. The van der Waals surface area contributed by atoms with Gasteiger partial charge in [-0.15, -0.1) is 0 Å². The molecule has 3 fully saturated rings. The van der Waals surface area contributed by atoms with Crippen LogP contribution < -0.4 is 5.73 Å². The lowest BCUT2D eigenvalue weighted by atomic mass is 9.68. The molecule has 4 nitrogen and oxygen atoms in total. The molecule has 3 rings (SSSR count). The van der Waals surface area contributed by atoms with Gasteiger partial charge in [-0.1, -0.05) is 6.42 Å². The van der Waals surface area contributed by atoms with Gasteiger partial charge in [0.2, 0.25) is 5.91 Å². The molecule has 0 aromatic rings. The molecule has 1 unspecified atom stereocenters. The topological polar surface area (TPSA) is 49.6 Å². The summed E-state index contributed by atoms with van der Waals surface area (Å²) in [4.78, 5) is 17.2. The summed E-state index contributed by atoms with van der Waals surface area (Å²) in [7, 11) is 0. The number of likely N-dealkylation sites (tertiary alicyclic amines) is 2. The van der Waals surface area contributed by atoms with Gasteiger partial charge >= 0.3 is 0 Å². The van der Waals surface area contributed by atoms with E-state index in [-0.39, 0.29) is 5.41 Å². The Balaban J connectivity index is 1.59. The Hall–Kier alpha value is -0.610. The molecule has 1 amide bonds. The average molecular weight is 251 g/mol.